The van der Waals surface area contributed by atoms with Gasteiger partial charge >= 0.3 is 5.69 Å². The number of carbonyl (C=O) groups excluding carboxylic acids is 1. The number of benzene rings is 2. The first kappa shape index (κ1) is 19.1. The lowest BCUT2D eigenvalue weighted by Gasteiger charge is -2.30. The number of rotatable bonds is 4. The first-order valence-electron chi connectivity index (χ1n) is 9.72. The van der Waals surface area contributed by atoms with Gasteiger partial charge in [-0.3, -0.25) is 18.7 Å². The van der Waals surface area contributed by atoms with Crippen LogP contribution >= 0.6 is 0 Å². The van der Waals surface area contributed by atoms with Gasteiger partial charge in [0.2, 0.25) is 5.91 Å². The van der Waals surface area contributed by atoms with Crippen LogP contribution in [0.1, 0.15) is 18.5 Å². The summed E-state index contributed by atoms with van der Waals surface area (Å²) in [6.07, 6.45) is 0. The zero-order chi connectivity index (χ0) is 20.4. The van der Waals surface area contributed by atoms with Gasteiger partial charge in [0.1, 0.15) is 6.04 Å². The van der Waals surface area contributed by atoms with Gasteiger partial charge < -0.3 is 9.64 Å². The van der Waals surface area contributed by atoms with Gasteiger partial charge in [0, 0.05) is 13.1 Å². The third kappa shape index (κ3) is 3.61. The van der Waals surface area contributed by atoms with Crippen LogP contribution in [0.15, 0.2) is 64.2 Å². The van der Waals surface area contributed by atoms with Crippen molar-refractivity contribution in [3.63, 3.8) is 0 Å². The maximum Gasteiger partial charge on any atom is 0.332 e. The molecule has 0 aliphatic carbocycles. The van der Waals surface area contributed by atoms with E-state index in [1.165, 1.54) is 9.13 Å². The lowest BCUT2D eigenvalue weighted by Crippen LogP contribution is -2.48. The van der Waals surface area contributed by atoms with Crippen molar-refractivity contribution in [2.75, 3.05) is 26.3 Å². The average molecular weight is 393 g/mol. The molecule has 2 aromatic carbocycles. The summed E-state index contributed by atoms with van der Waals surface area (Å²) in [7, 11) is 0. The molecule has 0 radical (unpaired) electrons. The van der Waals surface area contributed by atoms with E-state index < -0.39 is 11.7 Å². The van der Waals surface area contributed by atoms with Crippen molar-refractivity contribution < 1.29 is 9.53 Å². The second kappa shape index (κ2) is 8.05. The summed E-state index contributed by atoms with van der Waals surface area (Å²) in [6, 6.07) is 15.6. The molecule has 3 aromatic rings. The van der Waals surface area contributed by atoms with Crippen LogP contribution in [0.3, 0.4) is 0 Å². The van der Waals surface area contributed by atoms with Crippen molar-refractivity contribution in [3.05, 3.63) is 81.0 Å². The number of para-hydroxylation sites is 1. The van der Waals surface area contributed by atoms with E-state index in [-0.39, 0.29) is 18.0 Å². The minimum Gasteiger partial charge on any atom is -0.378 e. The number of hydrogen-bond acceptors (Lipinski definition) is 4. The van der Waals surface area contributed by atoms with Gasteiger partial charge in [-0.25, -0.2) is 4.79 Å². The Hall–Kier alpha value is -3.19. The molecule has 1 amide bonds. The smallest absolute Gasteiger partial charge is 0.332 e. The van der Waals surface area contributed by atoms with Crippen molar-refractivity contribution >= 4 is 16.8 Å². The Kier molecular flexibility index (Phi) is 5.31. The van der Waals surface area contributed by atoms with E-state index >= 15 is 0 Å². The molecule has 7 nitrogen and oxygen atoms in total. The lowest BCUT2D eigenvalue weighted by molar-refractivity contribution is -0.138. The lowest BCUT2D eigenvalue weighted by atomic mass is 10.2. The highest BCUT2D eigenvalue weighted by atomic mass is 16.5. The summed E-state index contributed by atoms with van der Waals surface area (Å²) in [5.41, 5.74) is 0.491. The SMILES string of the molecule is CC(C(=O)N1CCOCC1)n1c(=O)n(Cc2ccccc2)c(=O)c2ccccc21. The van der Waals surface area contributed by atoms with Crippen LogP contribution in [0.5, 0.6) is 0 Å². The third-order valence-electron chi connectivity index (χ3n) is 5.33. The number of ether oxygens (including phenoxy) is 1. The minimum absolute atomic E-state index is 0.148. The van der Waals surface area contributed by atoms with Crippen LogP contribution in [-0.2, 0) is 16.1 Å². The van der Waals surface area contributed by atoms with Gasteiger partial charge in [-0.15, -0.1) is 0 Å². The topological polar surface area (TPSA) is 73.5 Å². The monoisotopic (exact) mass is 393 g/mol. The van der Waals surface area contributed by atoms with Crippen molar-refractivity contribution in [2.45, 2.75) is 19.5 Å². The molecule has 7 heteroatoms. The summed E-state index contributed by atoms with van der Waals surface area (Å²) in [6.45, 7) is 3.84. The van der Waals surface area contributed by atoms with Crippen molar-refractivity contribution in [2.24, 2.45) is 0 Å². The molecule has 1 aliphatic heterocycles. The second-order valence-corrected chi connectivity index (χ2v) is 7.16. The van der Waals surface area contributed by atoms with E-state index in [2.05, 4.69) is 0 Å². The Morgan fingerprint density at radius 1 is 1.00 bits per heavy atom. The molecule has 29 heavy (non-hydrogen) atoms. The van der Waals surface area contributed by atoms with Crippen molar-refractivity contribution in [3.8, 4) is 0 Å². The molecular formula is C22H23N3O4. The Morgan fingerprint density at radius 3 is 2.38 bits per heavy atom. The van der Waals surface area contributed by atoms with Crippen LogP contribution in [0.4, 0.5) is 0 Å². The molecule has 1 atom stereocenters. The highest BCUT2D eigenvalue weighted by Crippen LogP contribution is 2.16. The van der Waals surface area contributed by atoms with E-state index in [9.17, 15) is 14.4 Å². The Bertz CT molecular complexity index is 1140. The highest BCUT2D eigenvalue weighted by Gasteiger charge is 2.27. The zero-order valence-corrected chi connectivity index (χ0v) is 16.3. The minimum atomic E-state index is -0.729. The molecule has 150 valence electrons. The second-order valence-electron chi connectivity index (χ2n) is 7.16. The van der Waals surface area contributed by atoms with E-state index in [4.69, 9.17) is 4.74 Å². The van der Waals surface area contributed by atoms with Gasteiger partial charge in [0.25, 0.3) is 5.56 Å². The summed E-state index contributed by atoms with van der Waals surface area (Å²) in [4.78, 5) is 41.2. The maximum absolute atomic E-state index is 13.4. The van der Waals surface area contributed by atoms with Crippen molar-refractivity contribution in [1.82, 2.24) is 14.0 Å². The van der Waals surface area contributed by atoms with Crippen LogP contribution in [0.25, 0.3) is 10.9 Å². The molecule has 0 saturated carbocycles. The zero-order valence-electron chi connectivity index (χ0n) is 16.3. The summed E-state index contributed by atoms with van der Waals surface area (Å²) >= 11 is 0. The van der Waals surface area contributed by atoms with E-state index in [0.29, 0.717) is 37.2 Å². The fourth-order valence-electron chi connectivity index (χ4n) is 3.77. The molecule has 1 fully saturated rings. The molecule has 1 aliphatic rings. The van der Waals surface area contributed by atoms with E-state index in [1.54, 1.807) is 36.1 Å². The predicted molar refractivity (Wildman–Crippen MR) is 110 cm³/mol. The molecule has 1 unspecified atom stereocenters. The molecule has 2 heterocycles. The largest absolute Gasteiger partial charge is 0.378 e. The molecular weight excluding hydrogens is 370 g/mol. The standard InChI is InChI=1S/C22H23N3O4/c1-16(20(26)23-11-13-29-14-12-23)25-19-10-6-5-9-18(19)21(27)24(22(25)28)15-17-7-3-2-4-8-17/h2-10,16H,11-15H2,1H3. The molecule has 0 N–H and O–H groups in total. The molecule has 1 saturated heterocycles. The van der Waals surface area contributed by atoms with Gasteiger partial charge in [0.05, 0.1) is 30.7 Å². The van der Waals surface area contributed by atoms with E-state index in [1.807, 2.05) is 30.3 Å². The fraction of sp³-hybridized carbons (Fsp3) is 0.318. The van der Waals surface area contributed by atoms with Crippen LogP contribution in [0.2, 0.25) is 0 Å². The summed E-state index contributed by atoms with van der Waals surface area (Å²) in [5, 5.41) is 0.421. The fourth-order valence-corrected chi connectivity index (χ4v) is 3.77. The quantitative estimate of drug-likeness (QED) is 0.675. The predicted octanol–water partition coefficient (Wildman–Crippen LogP) is 1.63. The Morgan fingerprint density at radius 2 is 1.66 bits per heavy atom. The number of hydrogen-bond donors (Lipinski definition) is 0. The third-order valence-corrected chi connectivity index (χ3v) is 5.33. The maximum atomic E-state index is 13.4. The number of fused-ring (bicyclic) bond motifs is 1. The number of aromatic nitrogens is 2. The van der Waals surface area contributed by atoms with Gasteiger partial charge in [-0.1, -0.05) is 42.5 Å². The van der Waals surface area contributed by atoms with Gasteiger partial charge in [-0.2, -0.15) is 0 Å². The first-order chi connectivity index (χ1) is 14.1. The molecule has 0 bridgehead atoms. The highest BCUT2D eigenvalue weighted by molar-refractivity contribution is 5.84. The van der Waals surface area contributed by atoms with Gasteiger partial charge in [0.15, 0.2) is 0 Å². The van der Waals surface area contributed by atoms with Crippen molar-refractivity contribution in [1.29, 1.82) is 0 Å². The average Bonchev–Trinajstić information content (AvgIpc) is 2.77. The van der Waals surface area contributed by atoms with Gasteiger partial charge in [-0.05, 0) is 24.6 Å². The first-order valence-corrected chi connectivity index (χ1v) is 9.72. The molecule has 0 spiro atoms. The number of amides is 1. The number of carbonyl (C=O) groups is 1. The number of morpholine rings is 1. The summed E-state index contributed by atoms with van der Waals surface area (Å²) < 4.78 is 7.97. The van der Waals surface area contributed by atoms with Crippen LogP contribution in [0, 0.1) is 0 Å². The van der Waals surface area contributed by atoms with Crippen LogP contribution < -0.4 is 11.2 Å². The van der Waals surface area contributed by atoms with E-state index in [0.717, 1.165) is 5.56 Å². The normalized spacial score (nSPS) is 15.4. The molecule has 4 rings (SSSR count). The number of nitrogens with zero attached hydrogens (tertiary/aromatic N) is 3. The van der Waals surface area contributed by atoms with Crippen LogP contribution in [-0.4, -0.2) is 46.2 Å². The Labute approximate surface area is 167 Å². The molecule has 1 aromatic heterocycles. The Balaban J connectivity index is 1.85. The summed E-state index contributed by atoms with van der Waals surface area (Å²) in [5.74, 6) is -0.148.